The summed E-state index contributed by atoms with van der Waals surface area (Å²) < 4.78 is 0. The van der Waals surface area contributed by atoms with Gasteiger partial charge in [-0.1, -0.05) is 24.0 Å². The maximum absolute atomic E-state index is 10.7. The lowest BCUT2D eigenvalue weighted by molar-refractivity contribution is -0.118. The fourth-order valence-electron chi connectivity index (χ4n) is 1.19. The monoisotopic (exact) mass is 215 g/mol. The van der Waals surface area contributed by atoms with Crippen LogP contribution in [0.1, 0.15) is 28.4 Å². The first kappa shape index (κ1) is 12.0. The fraction of sp³-hybridized carbons (Fsp3) is 0.231. The zero-order chi connectivity index (χ0) is 12.0. The van der Waals surface area contributed by atoms with Crippen molar-refractivity contribution in [2.75, 3.05) is 6.54 Å². The molecule has 0 aliphatic rings. The summed E-state index contributed by atoms with van der Waals surface area (Å²) in [6, 6.07) is 5.46. The maximum atomic E-state index is 10.7. The number of rotatable bonds is 2. The Morgan fingerprint density at radius 2 is 2.25 bits per heavy atom. The molecule has 3 nitrogen and oxygen atoms in total. The highest BCUT2D eigenvalue weighted by Gasteiger charge is 1.97. The van der Waals surface area contributed by atoms with Crippen LogP contribution in [-0.4, -0.2) is 18.7 Å². The molecule has 0 spiro atoms. The zero-order valence-electron chi connectivity index (χ0n) is 9.33. The summed E-state index contributed by atoms with van der Waals surface area (Å²) in [5, 5.41) is 2.57. The molecule has 1 aromatic rings. The van der Waals surface area contributed by atoms with Crippen LogP contribution in [0.5, 0.6) is 0 Å². The molecule has 0 unspecified atom stereocenters. The molecule has 0 radical (unpaired) electrons. The number of nitrogens with one attached hydrogen (secondary N) is 1. The molecule has 1 rings (SSSR count). The Hall–Kier alpha value is -2.08. The number of amides is 1. The molecule has 0 aliphatic heterocycles. The Morgan fingerprint density at radius 3 is 2.88 bits per heavy atom. The van der Waals surface area contributed by atoms with Crippen LogP contribution in [0, 0.1) is 18.8 Å². The molecule has 1 amide bonds. The number of hydrogen-bond acceptors (Lipinski definition) is 2. The molecular weight excluding hydrogens is 202 g/mol. The van der Waals surface area contributed by atoms with Gasteiger partial charge in [0, 0.05) is 18.1 Å². The highest BCUT2D eigenvalue weighted by atomic mass is 16.1. The van der Waals surface area contributed by atoms with Crippen LogP contribution in [0.25, 0.3) is 0 Å². The zero-order valence-corrected chi connectivity index (χ0v) is 9.33. The molecular formula is C13H13NO2. The lowest BCUT2D eigenvalue weighted by atomic mass is 10.1. The van der Waals surface area contributed by atoms with Crippen LogP contribution in [0.3, 0.4) is 0 Å². The van der Waals surface area contributed by atoms with Gasteiger partial charge in [0.2, 0.25) is 5.91 Å². The highest BCUT2D eigenvalue weighted by Crippen LogP contribution is 2.08. The second-order valence-corrected chi connectivity index (χ2v) is 3.42. The van der Waals surface area contributed by atoms with Gasteiger partial charge in [-0.2, -0.15) is 0 Å². The van der Waals surface area contributed by atoms with E-state index in [2.05, 4.69) is 17.2 Å². The van der Waals surface area contributed by atoms with Crippen LogP contribution in [0.2, 0.25) is 0 Å². The molecule has 0 aliphatic carbocycles. The summed E-state index contributed by atoms with van der Waals surface area (Å²) in [7, 11) is 0. The first-order valence-corrected chi connectivity index (χ1v) is 4.92. The minimum Gasteiger partial charge on any atom is -0.345 e. The number of hydrogen-bond donors (Lipinski definition) is 1. The molecule has 82 valence electrons. The van der Waals surface area contributed by atoms with E-state index in [4.69, 9.17) is 0 Å². The molecule has 3 heteroatoms. The predicted molar refractivity (Wildman–Crippen MR) is 62.1 cm³/mol. The lowest BCUT2D eigenvalue weighted by Crippen LogP contribution is -2.19. The lowest BCUT2D eigenvalue weighted by Gasteiger charge is -1.98. The summed E-state index contributed by atoms with van der Waals surface area (Å²) in [5.74, 6) is 5.54. The van der Waals surface area contributed by atoms with E-state index in [1.165, 1.54) is 6.92 Å². The third kappa shape index (κ3) is 3.58. The number of benzene rings is 1. The first-order valence-electron chi connectivity index (χ1n) is 4.92. The Morgan fingerprint density at radius 1 is 1.50 bits per heavy atom. The number of carbonyl (C=O) groups is 2. The van der Waals surface area contributed by atoms with Crippen molar-refractivity contribution in [2.45, 2.75) is 13.8 Å². The molecule has 0 heterocycles. The molecule has 0 saturated carbocycles. The number of carbonyl (C=O) groups excluding carboxylic acids is 2. The van der Waals surface area contributed by atoms with Crippen molar-refractivity contribution in [2.24, 2.45) is 0 Å². The van der Waals surface area contributed by atoms with Gasteiger partial charge in [-0.3, -0.25) is 9.59 Å². The van der Waals surface area contributed by atoms with E-state index >= 15 is 0 Å². The van der Waals surface area contributed by atoms with Gasteiger partial charge in [-0.05, 0) is 18.6 Å². The van der Waals surface area contributed by atoms with Gasteiger partial charge in [0.05, 0.1) is 6.54 Å². The third-order valence-corrected chi connectivity index (χ3v) is 1.98. The van der Waals surface area contributed by atoms with Crippen LogP contribution >= 0.6 is 0 Å². The quantitative estimate of drug-likeness (QED) is 0.597. The highest BCUT2D eigenvalue weighted by molar-refractivity contribution is 5.79. The van der Waals surface area contributed by atoms with Gasteiger partial charge in [0.1, 0.15) is 0 Å². The summed E-state index contributed by atoms with van der Waals surface area (Å²) in [6.45, 7) is 3.67. The average Bonchev–Trinajstić information content (AvgIpc) is 2.24. The van der Waals surface area contributed by atoms with Crippen molar-refractivity contribution in [1.29, 1.82) is 0 Å². The van der Waals surface area contributed by atoms with Crippen LogP contribution in [0.15, 0.2) is 18.2 Å². The Kier molecular flexibility index (Phi) is 4.28. The van der Waals surface area contributed by atoms with Gasteiger partial charge < -0.3 is 5.32 Å². The van der Waals surface area contributed by atoms with Gasteiger partial charge in [0.25, 0.3) is 0 Å². The molecule has 0 saturated heterocycles. The van der Waals surface area contributed by atoms with E-state index in [0.29, 0.717) is 17.7 Å². The average molecular weight is 215 g/mol. The first-order chi connectivity index (χ1) is 7.63. The van der Waals surface area contributed by atoms with Crippen LogP contribution < -0.4 is 5.32 Å². The van der Waals surface area contributed by atoms with E-state index in [1.807, 2.05) is 19.1 Å². The summed E-state index contributed by atoms with van der Waals surface area (Å²) >= 11 is 0. The van der Waals surface area contributed by atoms with Crippen LogP contribution in [-0.2, 0) is 4.79 Å². The standard InChI is InChI=1S/C13H13NO2/c1-10-5-6-13(9-15)12(8-10)4-3-7-14-11(2)16/h5-6,8-9H,7H2,1-2H3,(H,14,16). The van der Waals surface area contributed by atoms with Crippen molar-refractivity contribution >= 4 is 12.2 Å². The topological polar surface area (TPSA) is 46.2 Å². The SMILES string of the molecule is CC(=O)NCC#Cc1cc(C)ccc1C=O. The van der Waals surface area contributed by atoms with Crippen molar-refractivity contribution < 1.29 is 9.59 Å². The third-order valence-electron chi connectivity index (χ3n) is 1.98. The van der Waals surface area contributed by atoms with Crippen molar-refractivity contribution in [3.63, 3.8) is 0 Å². The Bertz CT molecular complexity index is 467. The molecule has 0 fully saturated rings. The molecule has 1 aromatic carbocycles. The van der Waals surface area contributed by atoms with E-state index in [0.717, 1.165) is 11.8 Å². The molecule has 0 bridgehead atoms. The van der Waals surface area contributed by atoms with E-state index < -0.39 is 0 Å². The second-order valence-electron chi connectivity index (χ2n) is 3.42. The van der Waals surface area contributed by atoms with E-state index in [1.54, 1.807) is 6.07 Å². The summed E-state index contributed by atoms with van der Waals surface area (Å²) in [5.41, 5.74) is 2.32. The minimum atomic E-state index is -0.117. The van der Waals surface area contributed by atoms with Crippen LogP contribution in [0.4, 0.5) is 0 Å². The smallest absolute Gasteiger partial charge is 0.217 e. The van der Waals surface area contributed by atoms with Crippen molar-refractivity contribution in [3.05, 3.63) is 34.9 Å². The Labute approximate surface area is 94.9 Å². The molecule has 1 N–H and O–H groups in total. The van der Waals surface area contributed by atoms with Crippen molar-refractivity contribution in [1.82, 2.24) is 5.32 Å². The van der Waals surface area contributed by atoms with Gasteiger partial charge in [0.15, 0.2) is 6.29 Å². The maximum Gasteiger partial charge on any atom is 0.217 e. The molecule has 16 heavy (non-hydrogen) atoms. The molecule has 0 atom stereocenters. The number of aldehydes is 1. The van der Waals surface area contributed by atoms with E-state index in [-0.39, 0.29) is 5.91 Å². The van der Waals surface area contributed by atoms with Crippen molar-refractivity contribution in [3.8, 4) is 11.8 Å². The largest absolute Gasteiger partial charge is 0.345 e. The number of aryl methyl sites for hydroxylation is 1. The molecule has 0 aromatic heterocycles. The van der Waals surface area contributed by atoms with E-state index in [9.17, 15) is 9.59 Å². The predicted octanol–water partition coefficient (Wildman–Crippen LogP) is 1.30. The minimum absolute atomic E-state index is 0.117. The fourth-order valence-corrected chi connectivity index (χ4v) is 1.19. The summed E-state index contributed by atoms with van der Waals surface area (Å²) in [4.78, 5) is 21.3. The van der Waals surface area contributed by atoms with Gasteiger partial charge in [-0.15, -0.1) is 0 Å². The van der Waals surface area contributed by atoms with Gasteiger partial charge >= 0.3 is 0 Å². The van der Waals surface area contributed by atoms with Gasteiger partial charge in [-0.25, -0.2) is 0 Å². The second kappa shape index (κ2) is 5.72. The Balaban J connectivity index is 2.82. The summed E-state index contributed by atoms with van der Waals surface area (Å²) in [6.07, 6.45) is 0.780. The normalized spacial score (nSPS) is 8.88.